The normalized spacial score (nSPS) is 18.7. The van der Waals surface area contributed by atoms with E-state index in [1.807, 2.05) is 0 Å². The SMILES string of the molecule is [2H]c1cc(-c2cc(-c3c([2H])c([2H])c([2H])c(-c4c([2H])c([2H])c([2H])c([2H])c4[2H])c3[2H])c3oc4cc(-c5c6c([2H])c([2H])c([2H])c([2H])c6c(-c6c([2H])c([2H])c([2H])c([2H])c6[2H])c6c([2H])c([2H])c([2H])c([2H])c56)ccc4c3c2)c([2H])c([2H])c1[2H]. The van der Waals surface area contributed by atoms with Crippen LogP contribution < -0.4 is 0 Å². The third-order valence-corrected chi connectivity index (χ3v) is 8.49. The van der Waals surface area contributed by atoms with E-state index >= 15 is 0 Å². The Hall–Kier alpha value is -6.70. The molecule has 0 atom stereocenters. The molecule has 0 fully saturated rings. The van der Waals surface area contributed by atoms with E-state index in [0.717, 1.165) is 6.07 Å². The lowest BCUT2D eigenvalue weighted by atomic mass is 9.86. The summed E-state index contributed by atoms with van der Waals surface area (Å²) in [5.41, 5.74) is -3.56. The summed E-state index contributed by atoms with van der Waals surface area (Å²) in [6, 6.07) is -11.7. The maximum Gasteiger partial charge on any atom is 0.143 e. The third kappa shape index (κ3) is 4.94. The first-order chi connectivity index (χ1) is 36.1. The summed E-state index contributed by atoms with van der Waals surface area (Å²) in [4.78, 5) is 0. The Morgan fingerprint density at radius 2 is 0.882 bits per heavy atom. The van der Waals surface area contributed by atoms with E-state index in [4.69, 9.17) is 31.8 Å². The smallest absolute Gasteiger partial charge is 0.143 e. The van der Waals surface area contributed by atoms with Gasteiger partial charge in [0.15, 0.2) is 0 Å². The van der Waals surface area contributed by atoms with Crippen molar-refractivity contribution in [2.75, 3.05) is 0 Å². The zero-order valence-corrected chi connectivity index (χ0v) is 25.9. The second-order valence-corrected chi connectivity index (χ2v) is 11.3. The van der Waals surface area contributed by atoms with Crippen molar-refractivity contribution in [1.82, 2.24) is 0 Å². The van der Waals surface area contributed by atoms with Crippen LogP contribution in [0.2, 0.25) is 0 Å². The van der Waals surface area contributed by atoms with Crippen molar-refractivity contribution in [2.24, 2.45) is 0 Å². The van der Waals surface area contributed by atoms with Gasteiger partial charge in [-0.2, -0.15) is 0 Å². The first-order valence-electron chi connectivity index (χ1n) is 28.4. The quantitative estimate of drug-likeness (QED) is 0.166. The summed E-state index contributed by atoms with van der Waals surface area (Å²) in [6.45, 7) is 0. The van der Waals surface area contributed by atoms with Gasteiger partial charge in [0.2, 0.25) is 0 Å². The van der Waals surface area contributed by atoms with Crippen molar-refractivity contribution in [3.63, 3.8) is 0 Å². The van der Waals surface area contributed by atoms with Gasteiger partial charge in [-0.05, 0) is 102 Å². The van der Waals surface area contributed by atoms with Gasteiger partial charge < -0.3 is 4.42 Å². The van der Waals surface area contributed by atoms with Crippen molar-refractivity contribution in [3.05, 3.63) is 194 Å². The molecule has 9 aromatic carbocycles. The number of hydrogen-bond donors (Lipinski definition) is 0. The number of rotatable bonds is 5. The molecule has 0 aliphatic rings. The Bertz CT molecular complexity index is 4270. The van der Waals surface area contributed by atoms with Gasteiger partial charge in [0, 0.05) is 16.3 Å². The third-order valence-electron chi connectivity index (χ3n) is 8.49. The first kappa shape index (κ1) is 13.2. The molecule has 0 aliphatic heterocycles. The van der Waals surface area contributed by atoms with Gasteiger partial charge in [0.05, 0.1) is 35.6 Å². The molecule has 0 aliphatic carbocycles. The van der Waals surface area contributed by atoms with Gasteiger partial charge in [0.25, 0.3) is 0 Å². The molecule has 10 rings (SSSR count). The van der Waals surface area contributed by atoms with Crippen molar-refractivity contribution in [2.45, 2.75) is 0 Å². The second-order valence-electron chi connectivity index (χ2n) is 11.3. The summed E-state index contributed by atoms with van der Waals surface area (Å²) in [5, 5.41) is -1.36. The number of benzene rings is 9. The lowest BCUT2D eigenvalue weighted by molar-refractivity contribution is 0.670. The van der Waals surface area contributed by atoms with Crippen LogP contribution in [0.15, 0.2) is 198 Å². The molecule has 0 saturated carbocycles. The predicted octanol–water partition coefficient (Wildman–Crippen LogP) is 14.2. The number of fused-ring (bicyclic) bond motifs is 5. The average molecular weight is 675 g/mol. The van der Waals surface area contributed by atoms with Crippen molar-refractivity contribution in [1.29, 1.82) is 0 Å². The molecule has 1 aromatic heterocycles. The first-order valence-corrected chi connectivity index (χ1v) is 15.4. The molecule has 10 aromatic rings. The monoisotopic (exact) mass is 674 g/mol. The van der Waals surface area contributed by atoms with Crippen LogP contribution in [0, 0.1) is 0 Å². The van der Waals surface area contributed by atoms with E-state index in [1.165, 1.54) is 30.3 Å². The Morgan fingerprint density at radius 3 is 1.57 bits per heavy atom. The summed E-state index contributed by atoms with van der Waals surface area (Å²) >= 11 is 0. The molecular formula is C50H32O. The molecule has 0 spiro atoms. The molecule has 1 nitrogen and oxygen atoms in total. The van der Waals surface area contributed by atoms with E-state index in [1.54, 1.807) is 0 Å². The van der Waals surface area contributed by atoms with Crippen LogP contribution in [0.1, 0.15) is 35.6 Å². The fourth-order valence-corrected chi connectivity index (χ4v) is 6.33. The molecule has 0 saturated heterocycles. The van der Waals surface area contributed by atoms with Crippen LogP contribution in [-0.4, -0.2) is 0 Å². The van der Waals surface area contributed by atoms with Gasteiger partial charge >= 0.3 is 0 Å². The summed E-state index contributed by atoms with van der Waals surface area (Å²) < 4.78 is 235. The van der Waals surface area contributed by atoms with Crippen LogP contribution in [0.25, 0.3) is 99.1 Å². The molecule has 0 unspecified atom stereocenters. The molecule has 51 heavy (non-hydrogen) atoms. The highest BCUT2D eigenvalue weighted by molar-refractivity contribution is 6.22. The molecule has 1 heterocycles. The number of furan rings is 1. The minimum absolute atomic E-state index is 0.0222. The largest absolute Gasteiger partial charge is 0.455 e. The van der Waals surface area contributed by atoms with Crippen LogP contribution in [0.3, 0.4) is 0 Å². The van der Waals surface area contributed by atoms with Crippen molar-refractivity contribution >= 4 is 43.5 Å². The Labute approximate surface area is 333 Å². The van der Waals surface area contributed by atoms with Crippen LogP contribution in [-0.2, 0) is 0 Å². The highest BCUT2D eigenvalue weighted by Gasteiger charge is 2.20. The standard InChI is InChI=1S/C50H32O/c1-4-15-33(16-5-1)36-21-14-22-37(29-36)45-30-39(34-17-6-2-7-18-34)31-46-40-28-27-38(32-47(40)51-50(45)46)49-43-25-12-10-23-41(43)48(35-19-8-3-9-20-35)42-24-11-13-26-44(42)49/h1-32H/i1D,2D,3D,4D,5D,6D,7D,8D,9D,10D,11D,12D,13D,14D,15D,16D,17D,19D,20D,21D,22D,23D,24D,25D,26D,29D. The van der Waals surface area contributed by atoms with E-state index in [0.29, 0.717) is 0 Å². The Kier molecular flexibility index (Phi) is 3.11. The molecule has 0 radical (unpaired) electrons. The summed E-state index contributed by atoms with van der Waals surface area (Å²) in [7, 11) is 0. The average Bonchev–Trinajstić information content (AvgIpc) is 3.99. The summed E-state index contributed by atoms with van der Waals surface area (Å²) in [6.07, 6.45) is 0. The predicted molar refractivity (Wildman–Crippen MR) is 216 cm³/mol. The van der Waals surface area contributed by atoms with Gasteiger partial charge in [0.1, 0.15) is 11.2 Å². The zero-order valence-electron chi connectivity index (χ0n) is 51.9. The molecule has 0 amide bonds. The Morgan fingerprint density at radius 1 is 0.333 bits per heavy atom. The molecule has 238 valence electrons. The van der Waals surface area contributed by atoms with E-state index in [-0.39, 0.29) is 60.5 Å². The minimum Gasteiger partial charge on any atom is -0.455 e. The van der Waals surface area contributed by atoms with Gasteiger partial charge in [-0.3, -0.25) is 0 Å². The highest BCUT2D eigenvalue weighted by Crippen LogP contribution is 2.46. The van der Waals surface area contributed by atoms with E-state index < -0.39 is 196 Å². The van der Waals surface area contributed by atoms with Gasteiger partial charge in [-0.15, -0.1) is 0 Å². The van der Waals surface area contributed by atoms with E-state index in [9.17, 15) is 8.22 Å². The molecule has 0 bridgehead atoms. The Balaban J connectivity index is 1.39. The van der Waals surface area contributed by atoms with Gasteiger partial charge in [-0.1, -0.05) is 163 Å². The fraction of sp³-hybridized carbons (Fsp3) is 0. The molecule has 0 N–H and O–H groups in total. The maximum atomic E-state index is 9.59. The number of hydrogen-bond acceptors (Lipinski definition) is 1. The lowest BCUT2D eigenvalue weighted by Gasteiger charge is -2.17. The topological polar surface area (TPSA) is 13.1 Å². The molecular weight excluding hydrogens is 617 g/mol. The van der Waals surface area contributed by atoms with Gasteiger partial charge in [-0.25, -0.2) is 0 Å². The molecule has 1 heteroatoms. The highest BCUT2D eigenvalue weighted by atomic mass is 16.3. The lowest BCUT2D eigenvalue weighted by Crippen LogP contribution is -1.90. The van der Waals surface area contributed by atoms with Crippen molar-refractivity contribution < 1.29 is 40.1 Å². The fourth-order valence-electron chi connectivity index (χ4n) is 6.33. The summed E-state index contributed by atoms with van der Waals surface area (Å²) in [5.74, 6) is 0. The van der Waals surface area contributed by atoms with E-state index in [2.05, 4.69) is 0 Å². The maximum absolute atomic E-state index is 9.59. The van der Waals surface area contributed by atoms with Crippen LogP contribution >= 0.6 is 0 Å². The second kappa shape index (κ2) is 12.0. The van der Waals surface area contributed by atoms with Crippen LogP contribution in [0.4, 0.5) is 0 Å². The van der Waals surface area contributed by atoms with Crippen LogP contribution in [0.5, 0.6) is 0 Å². The minimum atomic E-state index is -0.839. The van der Waals surface area contributed by atoms with Crippen molar-refractivity contribution in [3.8, 4) is 55.6 Å². The zero-order chi connectivity index (χ0) is 56.4.